The Morgan fingerprint density at radius 1 is 1.00 bits per heavy atom. The summed E-state index contributed by atoms with van der Waals surface area (Å²) in [5.74, 6) is 2.27. The molecule has 0 bridgehead atoms. The van der Waals surface area contributed by atoms with E-state index >= 15 is 0 Å². The number of nitrogens with zero attached hydrogens (tertiary/aromatic N) is 4. The number of imidazole rings is 1. The van der Waals surface area contributed by atoms with Crippen molar-refractivity contribution in [2.75, 3.05) is 13.7 Å². The monoisotopic (exact) mass is 456 g/mol. The molecule has 2 heterocycles. The number of aromatic nitrogens is 3. The molecule has 0 aliphatic carbocycles. The van der Waals surface area contributed by atoms with Gasteiger partial charge in [-0.15, -0.1) is 0 Å². The van der Waals surface area contributed by atoms with Crippen LogP contribution >= 0.6 is 0 Å². The summed E-state index contributed by atoms with van der Waals surface area (Å²) in [5.41, 5.74) is 3.98. The minimum atomic E-state index is -0.0436. The van der Waals surface area contributed by atoms with Crippen molar-refractivity contribution in [1.82, 2.24) is 19.4 Å². The number of ether oxygens (including phenoxy) is 1. The van der Waals surface area contributed by atoms with E-state index in [-0.39, 0.29) is 5.91 Å². The fraction of sp³-hybridized carbons (Fsp3) is 0.321. The maximum absolute atomic E-state index is 12.8. The van der Waals surface area contributed by atoms with E-state index in [4.69, 9.17) is 9.72 Å². The van der Waals surface area contributed by atoms with E-state index in [1.165, 1.54) is 5.56 Å². The largest absolute Gasteiger partial charge is 0.494 e. The summed E-state index contributed by atoms with van der Waals surface area (Å²) < 4.78 is 8.17. The second kappa shape index (κ2) is 11.0. The first-order chi connectivity index (χ1) is 16.5. The van der Waals surface area contributed by atoms with E-state index in [1.807, 2.05) is 37.4 Å². The predicted octanol–water partition coefficient (Wildman–Crippen LogP) is 5.69. The number of pyridine rings is 1. The van der Waals surface area contributed by atoms with E-state index in [0.717, 1.165) is 42.0 Å². The van der Waals surface area contributed by atoms with Crippen LogP contribution in [0.1, 0.15) is 54.4 Å². The van der Waals surface area contributed by atoms with Crippen molar-refractivity contribution < 1.29 is 9.53 Å². The molecule has 0 radical (unpaired) electrons. The lowest BCUT2D eigenvalue weighted by atomic mass is 10.0. The van der Waals surface area contributed by atoms with Crippen LogP contribution in [0, 0.1) is 0 Å². The lowest BCUT2D eigenvalue weighted by molar-refractivity contribution is 0.0780. The zero-order chi connectivity index (χ0) is 23.9. The van der Waals surface area contributed by atoms with Crippen LogP contribution in [0.25, 0.3) is 11.0 Å². The zero-order valence-corrected chi connectivity index (χ0v) is 20.1. The number of carbonyl (C=O) groups is 1. The zero-order valence-electron chi connectivity index (χ0n) is 20.1. The predicted molar refractivity (Wildman–Crippen MR) is 135 cm³/mol. The van der Waals surface area contributed by atoms with E-state index in [0.29, 0.717) is 24.6 Å². The first-order valence-corrected chi connectivity index (χ1v) is 11.9. The van der Waals surface area contributed by atoms with Gasteiger partial charge in [0.2, 0.25) is 0 Å². The van der Waals surface area contributed by atoms with Gasteiger partial charge >= 0.3 is 0 Å². The number of para-hydroxylation sites is 2. The Kier molecular flexibility index (Phi) is 7.58. The standard InChI is InChI=1S/C28H32N4O2/c1-21(2)22-10-12-24(13-11-22)34-19-7-6-18-32-26-9-5-4-8-25(26)30-27(32)20-31(3)28(33)23-14-16-29-17-15-23/h4-5,8-17,21H,6-7,18-20H2,1-3H3. The van der Waals surface area contributed by atoms with Gasteiger partial charge in [0.1, 0.15) is 11.6 Å². The highest BCUT2D eigenvalue weighted by Crippen LogP contribution is 2.20. The van der Waals surface area contributed by atoms with E-state index in [2.05, 4.69) is 41.6 Å². The first-order valence-electron chi connectivity index (χ1n) is 11.9. The Morgan fingerprint density at radius 3 is 2.47 bits per heavy atom. The molecule has 1 amide bonds. The summed E-state index contributed by atoms with van der Waals surface area (Å²) in [4.78, 5) is 23.3. The molecule has 2 aromatic carbocycles. The van der Waals surface area contributed by atoms with Crippen LogP contribution in [-0.2, 0) is 13.1 Å². The number of unbranched alkanes of at least 4 members (excludes halogenated alkanes) is 1. The molecule has 0 spiro atoms. The second-order valence-electron chi connectivity index (χ2n) is 8.84. The SMILES string of the molecule is CC(C)c1ccc(OCCCCn2c(CN(C)C(=O)c3ccncc3)nc3ccccc32)cc1. The van der Waals surface area contributed by atoms with Gasteiger partial charge in [0.15, 0.2) is 0 Å². The van der Waals surface area contributed by atoms with Crippen LogP contribution in [0.4, 0.5) is 0 Å². The van der Waals surface area contributed by atoms with Gasteiger partial charge in [-0.05, 0) is 60.7 Å². The molecule has 6 heteroatoms. The van der Waals surface area contributed by atoms with Crippen molar-refractivity contribution in [1.29, 1.82) is 0 Å². The summed E-state index contributed by atoms with van der Waals surface area (Å²) in [6.45, 7) is 6.31. The summed E-state index contributed by atoms with van der Waals surface area (Å²) in [6.07, 6.45) is 5.16. The van der Waals surface area contributed by atoms with Crippen molar-refractivity contribution in [2.45, 2.75) is 45.7 Å². The van der Waals surface area contributed by atoms with Crippen molar-refractivity contribution in [3.63, 3.8) is 0 Å². The van der Waals surface area contributed by atoms with Gasteiger partial charge in [0.25, 0.3) is 5.91 Å². The Bertz CT molecular complexity index is 1220. The van der Waals surface area contributed by atoms with Crippen LogP contribution in [0.5, 0.6) is 5.75 Å². The van der Waals surface area contributed by atoms with Crippen LogP contribution in [0.15, 0.2) is 73.1 Å². The van der Waals surface area contributed by atoms with Gasteiger partial charge in [-0.2, -0.15) is 0 Å². The maximum atomic E-state index is 12.8. The molecule has 0 saturated heterocycles. The minimum Gasteiger partial charge on any atom is -0.494 e. The molecule has 34 heavy (non-hydrogen) atoms. The van der Waals surface area contributed by atoms with Crippen molar-refractivity contribution in [3.8, 4) is 5.75 Å². The number of hydrogen-bond donors (Lipinski definition) is 0. The summed E-state index contributed by atoms with van der Waals surface area (Å²) >= 11 is 0. The Labute approximate surface area is 201 Å². The number of aryl methyl sites for hydroxylation is 1. The van der Waals surface area contributed by atoms with Crippen molar-refractivity contribution >= 4 is 16.9 Å². The summed E-state index contributed by atoms with van der Waals surface area (Å²) in [7, 11) is 1.81. The van der Waals surface area contributed by atoms with Crippen LogP contribution in [0.2, 0.25) is 0 Å². The molecule has 0 atom stereocenters. The molecule has 0 aliphatic rings. The molecule has 176 valence electrons. The van der Waals surface area contributed by atoms with Gasteiger partial charge in [-0.25, -0.2) is 4.98 Å². The van der Waals surface area contributed by atoms with Gasteiger partial charge < -0.3 is 14.2 Å². The average Bonchev–Trinajstić information content (AvgIpc) is 3.21. The number of benzene rings is 2. The highest BCUT2D eigenvalue weighted by atomic mass is 16.5. The van der Waals surface area contributed by atoms with Crippen LogP contribution < -0.4 is 4.74 Å². The molecule has 0 fully saturated rings. The fourth-order valence-corrected chi connectivity index (χ4v) is 4.01. The highest BCUT2D eigenvalue weighted by molar-refractivity contribution is 5.93. The van der Waals surface area contributed by atoms with Crippen LogP contribution in [-0.4, -0.2) is 39.0 Å². The summed E-state index contributed by atoms with van der Waals surface area (Å²) in [5, 5.41) is 0. The van der Waals surface area contributed by atoms with Crippen LogP contribution in [0.3, 0.4) is 0 Å². The molecule has 0 N–H and O–H groups in total. The number of hydrogen-bond acceptors (Lipinski definition) is 4. The third-order valence-corrected chi connectivity index (χ3v) is 5.98. The number of fused-ring (bicyclic) bond motifs is 1. The first kappa shape index (κ1) is 23.5. The van der Waals surface area contributed by atoms with Crippen molar-refractivity contribution in [2.24, 2.45) is 0 Å². The second-order valence-corrected chi connectivity index (χ2v) is 8.84. The van der Waals surface area contributed by atoms with E-state index in [1.54, 1.807) is 29.4 Å². The molecule has 0 saturated carbocycles. The summed E-state index contributed by atoms with van der Waals surface area (Å²) in [6, 6.07) is 20.0. The quantitative estimate of drug-likeness (QED) is 0.288. The number of carbonyl (C=O) groups excluding carboxylic acids is 1. The van der Waals surface area contributed by atoms with E-state index < -0.39 is 0 Å². The third-order valence-electron chi connectivity index (χ3n) is 5.98. The van der Waals surface area contributed by atoms with Crippen molar-refractivity contribution in [3.05, 3.63) is 90.0 Å². The molecule has 4 aromatic rings. The minimum absolute atomic E-state index is 0.0436. The Hall–Kier alpha value is -3.67. The van der Waals surface area contributed by atoms with Gasteiger partial charge in [-0.1, -0.05) is 38.1 Å². The average molecular weight is 457 g/mol. The number of amides is 1. The maximum Gasteiger partial charge on any atom is 0.254 e. The Morgan fingerprint density at radius 2 is 1.74 bits per heavy atom. The topological polar surface area (TPSA) is 60.2 Å². The molecular weight excluding hydrogens is 424 g/mol. The molecule has 4 rings (SSSR count). The molecule has 0 unspecified atom stereocenters. The molecule has 6 nitrogen and oxygen atoms in total. The number of rotatable bonds is 10. The van der Waals surface area contributed by atoms with Gasteiger partial charge in [0, 0.05) is 31.5 Å². The van der Waals surface area contributed by atoms with E-state index in [9.17, 15) is 4.79 Å². The lowest BCUT2D eigenvalue weighted by Gasteiger charge is -2.18. The highest BCUT2D eigenvalue weighted by Gasteiger charge is 2.17. The molecule has 2 aromatic heterocycles. The van der Waals surface area contributed by atoms with Gasteiger partial charge in [-0.3, -0.25) is 9.78 Å². The van der Waals surface area contributed by atoms with Gasteiger partial charge in [0.05, 0.1) is 24.2 Å². The normalized spacial score (nSPS) is 11.2. The molecular formula is C28H32N4O2. The third kappa shape index (κ3) is 5.63. The lowest BCUT2D eigenvalue weighted by Crippen LogP contribution is -2.27. The Balaban J connectivity index is 1.37. The fourth-order valence-electron chi connectivity index (χ4n) is 4.01. The smallest absolute Gasteiger partial charge is 0.254 e. The molecule has 0 aliphatic heterocycles.